The van der Waals surface area contributed by atoms with Gasteiger partial charge in [0, 0.05) is 32.5 Å². The molecule has 0 saturated carbocycles. The second kappa shape index (κ2) is 8.39. The lowest BCUT2D eigenvalue weighted by Gasteiger charge is -2.43. The predicted octanol–water partition coefficient (Wildman–Crippen LogP) is 3.46. The Hall–Kier alpha value is -2.64. The fourth-order valence-corrected chi connectivity index (χ4v) is 4.90. The van der Waals surface area contributed by atoms with Crippen LogP contribution in [0.2, 0.25) is 0 Å². The van der Waals surface area contributed by atoms with Crippen LogP contribution in [0.1, 0.15) is 29.5 Å². The lowest BCUT2D eigenvalue weighted by atomic mass is 9.89. The fourth-order valence-electron chi connectivity index (χ4n) is 4.90. The lowest BCUT2D eigenvalue weighted by molar-refractivity contribution is -0.145. The molecule has 0 spiro atoms. The van der Waals surface area contributed by atoms with E-state index in [0.717, 1.165) is 45.2 Å². The van der Waals surface area contributed by atoms with E-state index < -0.39 is 5.54 Å². The molecular formula is C25H29N3O. The molecule has 1 saturated heterocycles. The number of fused-ring (bicyclic) bond motifs is 1. The highest BCUT2D eigenvalue weighted by Gasteiger charge is 2.49. The van der Waals surface area contributed by atoms with E-state index in [1.807, 2.05) is 11.0 Å². The number of amides is 1. The first kappa shape index (κ1) is 19.7. The molecule has 4 nitrogen and oxygen atoms in total. The molecule has 1 fully saturated rings. The van der Waals surface area contributed by atoms with Crippen molar-refractivity contribution in [2.75, 3.05) is 26.7 Å². The van der Waals surface area contributed by atoms with Crippen LogP contribution in [0.4, 0.5) is 0 Å². The lowest BCUT2D eigenvalue weighted by Crippen LogP contribution is -2.61. The van der Waals surface area contributed by atoms with Crippen LogP contribution in [-0.2, 0) is 24.1 Å². The molecule has 1 atom stereocenters. The maximum Gasteiger partial charge on any atom is 0.243 e. The normalized spacial score (nSPS) is 20.3. The number of likely N-dealkylation sites (tertiary alicyclic amines) is 1. The van der Waals surface area contributed by atoms with Crippen molar-refractivity contribution in [2.45, 2.75) is 37.6 Å². The number of benzene rings is 2. The van der Waals surface area contributed by atoms with Gasteiger partial charge in [0.25, 0.3) is 0 Å². The summed E-state index contributed by atoms with van der Waals surface area (Å²) >= 11 is 0. The van der Waals surface area contributed by atoms with Crippen LogP contribution in [0.15, 0.2) is 54.6 Å². The summed E-state index contributed by atoms with van der Waals surface area (Å²) in [6.45, 7) is 2.17. The first-order valence-electron chi connectivity index (χ1n) is 10.6. The Labute approximate surface area is 173 Å². The fraction of sp³-hybridized carbons (Fsp3) is 0.440. The van der Waals surface area contributed by atoms with Gasteiger partial charge in [-0.3, -0.25) is 9.69 Å². The first-order chi connectivity index (χ1) is 14.1. The third-order valence-electron chi connectivity index (χ3n) is 6.68. The molecule has 1 unspecified atom stereocenters. The van der Waals surface area contributed by atoms with Gasteiger partial charge in [0.05, 0.1) is 12.0 Å². The highest BCUT2D eigenvalue weighted by atomic mass is 16.2. The SMILES string of the molecule is CN(CCc1ccccc1)C1(C(=O)N2CCCC(C#N)C2)Cc2ccccc2C1. The van der Waals surface area contributed by atoms with E-state index >= 15 is 0 Å². The minimum Gasteiger partial charge on any atom is -0.340 e. The summed E-state index contributed by atoms with van der Waals surface area (Å²) in [5, 5.41) is 9.38. The topological polar surface area (TPSA) is 47.3 Å². The number of nitrogens with zero attached hydrogens (tertiary/aromatic N) is 3. The molecule has 0 bridgehead atoms. The Morgan fingerprint density at radius 2 is 1.79 bits per heavy atom. The second-order valence-electron chi connectivity index (χ2n) is 8.53. The number of hydrogen-bond donors (Lipinski definition) is 0. The molecule has 29 heavy (non-hydrogen) atoms. The van der Waals surface area contributed by atoms with E-state index in [2.05, 4.69) is 66.5 Å². The van der Waals surface area contributed by atoms with Crippen molar-refractivity contribution in [3.05, 3.63) is 71.3 Å². The number of likely N-dealkylation sites (N-methyl/N-ethyl adjacent to an activating group) is 1. The average molecular weight is 388 g/mol. The van der Waals surface area contributed by atoms with Crippen molar-refractivity contribution in [3.63, 3.8) is 0 Å². The molecule has 1 aliphatic heterocycles. The minimum absolute atomic E-state index is 0.0387. The van der Waals surface area contributed by atoms with E-state index in [-0.39, 0.29) is 11.8 Å². The van der Waals surface area contributed by atoms with E-state index in [9.17, 15) is 10.1 Å². The highest BCUT2D eigenvalue weighted by Crippen LogP contribution is 2.36. The van der Waals surface area contributed by atoms with Crippen molar-refractivity contribution in [1.29, 1.82) is 5.26 Å². The number of piperidine rings is 1. The molecular weight excluding hydrogens is 358 g/mol. The van der Waals surface area contributed by atoms with Crippen LogP contribution in [-0.4, -0.2) is 47.9 Å². The summed E-state index contributed by atoms with van der Waals surface area (Å²) < 4.78 is 0. The van der Waals surface area contributed by atoms with Crippen LogP contribution < -0.4 is 0 Å². The van der Waals surface area contributed by atoms with Crippen LogP contribution in [0.3, 0.4) is 0 Å². The molecule has 2 aromatic rings. The van der Waals surface area contributed by atoms with Gasteiger partial charge in [0.2, 0.25) is 5.91 Å². The van der Waals surface area contributed by atoms with Crippen LogP contribution in [0.5, 0.6) is 0 Å². The quantitative estimate of drug-likeness (QED) is 0.789. The van der Waals surface area contributed by atoms with Gasteiger partial charge >= 0.3 is 0 Å². The van der Waals surface area contributed by atoms with Crippen molar-refractivity contribution < 1.29 is 4.79 Å². The Kier molecular flexibility index (Phi) is 5.69. The number of hydrogen-bond acceptors (Lipinski definition) is 3. The predicted molar refractivity (Wildman–Crippen MR) is 114 cm³/mol. The number of carbonyl (C=O) groups is 1. The Balaban J connectivity index is 1.58. The van der Waals surface area contributed by atoms with E-state index in [1.54, 1.807) is 0 Å². The second-order valence-corrected chi connectivity index (χ2v) is 8.53. The van der Waals surface area contributed by atoms with Gasteiger partial charge in [0.15, 0.2) is 0 Å². The zero-order chi connectivity index (χ0) is 20.3. The van der Waals surface area contributed by atoms with Gasteiger partial charge < -0.3 is 4.90 Å². The van der Waals surface area contributed by atoms with Crippen LogP contribution in [0, 0.1) is 17.2 Å². The van der Waals surface area contributed by atoms with Crippen LogP contribution in [0.25, 0.3) is 0 Å². The Morgan fingerprint density at radius 1 is 1.14 bits per heavy atom. The smallest absolute Gasteiger partial charge is 0.243 e. The molecule has 4 heteroatoms. The van der Waals surface area contributed by atoms with Crippen molar-refractivity contribution in [3.8, 4) is 6.07 Å². The van der Waals surface area contributed by atoms with Crippen molar-refractivity contribution in [1.82, 2.24) is 9.80 Å². The first-order valence-corrected chi connectivity index (χ1v) is 10.6. The van der Waals surface area contributed by atoms with Gasteiger partial charge in [-0.15, -0.1) is 0 Å². The molecule has 0 aromatic heterocycles. The summed E-state index contributed by atoms with van der Waals surface area (Å²) in [7, 11) is 2.10. The standard InChI is InChI=1S/C25H29N3O/c1-27(15-13-20-8-3-2-4-9-20)25(16-22-11-5-6-12-23(22)17-25)24(29)28-14-7-10-21(18-26)19-28/h2-6,8-9,11-12,21H,7,10,13-17,19H2,1H3. The molecule has 2 aliphatic rings. The average Bonchev–Trinajstić information content (AvgIpc) is 3.18. The van der Waals surface area contributed by atoms with Gasteiger partial charge in [0.1, 0.15) is 5.54 Å². The number of rotatable bonds is 5. The molecule has 1 amide bonds. The third kappa shape index (κ3) is 3.93. The molecule has 1 heterocycles. The van der Waals surface area contributed by atoms with Gasteiger partial charge in [-0.1, -0.05) is 54.6 Å². The Morgan fingerprint density at radius 3 is 2.45 bits per heavy atom. The highest BCUT2D eigenvalue weighted by molar-refractivity contribution is 5.88. The molecule has 2 aromatic carbocycles. The molecule has 150 valence electrons. The summed E-state index contributed by atoms with van der Waals surface area (Å²) in [5.41, 5.74) is 3.30. The van der Waals surface area contributed by atoms with Gasteiger partial charge in [-0.05, 0) is 43.0 Å². The monoisotopic (exact) mass is 387 g/mol. The largest absolute Gasteiger partial charge is 0.340 e. The summed E-state index contributed by atoms with van der Waals surface area (Å²) in [4.78, 5) is 18.1. The molecule has 4 rings (SSSR count). The molecule has 1 aliphatic carbocycles. The molecule has 0 radical (unpaired) electrons. The zero-order valence-electron chi connectivity index (χ0n) is 17.2. The summed E-state index contributed by atoms with van der Waals surface area (Å²) in [6, 6.07) is 21.3. The maximum atomic E-state index is 13.9. The van der Waals surface area contributed by atoms with Crippen molar-refractivity contribution >= 4 is 5.91 Å². The number of carbonyl (C=O) groups excluding carboxylic acids is 1. The van der Waals surface area contributed by atoms with E-state index in [4.69, 9.17) is 0 Å². The van der Waals surface area contributed by atoms with Gasteiger partial charge in [-0.25, -0.2) is 0 Å². The number of nitriles is 1. The van der Waals surface area contributed by atoms with Gasteiger partial charge in [-0.2, -0.15) is 5.26 Å². The zero-order valence-corrected chi connectivity index (χ0v) is 17.2. The van der Waals surface area contributed by atoms with Crippen molar-refractivity contribution in [2.24, 2.45) is 5.92 Å². The van der Waals surface area contributed by atoms with E-state index in [1.165, 1.54) is 16.7 Å². The summed E-state index contributed by atoms with van der Waals surface area (Å²) in [5.74, 6) is 0.160. The van der Waals surface area contributed by atoms with Crippen LogP contribution >= 0.6 is 0 Å². The maximum absolute atomic E-state index is 13.9. The summed E-state index contributed by atoms with van der Waals surface area (Å²) in [6.07, 6.45) is 4.24. The third-order valence-corrected chi connectivity index (χ3v) is 6.68. The Bertz CT molecular complexity index is 877. The molecule has 0 N–H and O–H groups in total. The minimum atomic E-state index is -0.546. The van der Waals surface area contributed by atoms with E-state index in [0.29, 0.717) is 6.54 Å².